The van der Waals surface area contributed by atoms with Gasteiger partial charge >= 0.3 is 0 Å². The molecule has 2 N–H and O–H groups in total. The molecule has 23 heavy (non-hydrogen) atoms. The average molecular weight is 313 g/mol. The van der Waals surface area contributed by atoms with E-state index in [0.717, 1.165) is 0 Å². The smallest absolute Gasteiger partial charge is 0.255 e. The van der Waals surface area contributed by atoms with Crippen LogP contribution in [0.3, 0.4) is 0 Å². The molecule has 0 fully saturated rings. The minimum absolute atomic E-state index is 0.000321. The van der Waals surface area contributed by atoms with Crippen LogP contribution in [0.1, 0.15) is 31.1 Å². The summed E-state index contributed by atoms with van der Waals surface area (Å²) >= 11 is 0. The molecule has 0 saturated heterocycles. The van der Waals surface area contributed by atoms with Gasteiger partial charge in [0.25, 0.3) is 5.91 Å². The number of rotatable bonds is 5. The van der Waals surface area contributed by atoms with Gasteiger partial charge < -0.3 is 15.4 Å². The van der Waals surface area contributed by atoms with Gasteiger partial charge in [-0.25, -0.2) is 4.98 Å². The van der Waals surface area contributed by atoms with E-state index in [2.05, 4.69) is 15.6 Å². The Balaban J connectivity index is 2.18. The Labute approximate surface area is 134 Å². The Morgan fingerprint density at radius 2 is 1.87 bits per heavy atom. The van der Waals surface area contributed by atoms with Gasteiger partial charge in [-0.3, -0.25) is 9.59 Å². The van der Waals surface area contributed by atoms with Crippen molar-refractivity contribution in [1.29, 1.82) is 0 Å². The maximum atomic E-state index is 12.4. The zero-order valence-corrected chi connectivity index (χ0v) is 13.3. The number of carbonyl (C=O) groups excluding carboxylic acids is 2. The van der Waals surface area contributed by atoms with Gasteiger partial charge in [-0.05, 0) is 38.1 Å². The summed E-state index contributed by atoms with van der Waals surface area (Å²) in [4.78, 5) is 27.4. The van der Waals surface area contributed by atoms with Crippen LogP contribution in [0, 0.1) is 0 Å². The third kappa shape index (κ3) is 4.81. The molecule has 0 aliphatic heterocycles. The lowest BCUT2D eigenvalue weighted by atomic mass is 10.2. The lowest BCUT2D eigenvalue weighted by Gasteiger charge is -2.15. The van der Waals surface area contributed by atoms with Gasteiger partial charge in [-0.2, -0.15) is 0 Å². The summed E-state index contributed by atoms with van der Waals surface area (Å²) in [6.07, 6.45) is 1.47. The van der Waals surface area contributed by atoms with Gasteiger partial charge in [0, 0.05) is 18.7 Å². The summed E-state index contributed by atoms with van der Waals surface area (Å²) < 4.78 is 5.67. The summed E-state index contributed by atoms with van der Waals surface area (Å²) in [5.41, 5.74) is 0.979. The van der Waals surface area contributed by atoms with Crippen molar-refractivity contribution in [3.8, 4) is 5.75 Å². The fraction of sp³-hybridized carbons (Fsp3) is 0.235. The molecule has 2 amide bonds. The average Bonchev–Trinajstić information content (AvgIpc) is 2.48. The summed E-state index contributed by atoms with van der Waals surface area (Å²) in [5, 5.41) is 5.35. The Bertz CT molecular complexity index is 714. The van der Waals surface area contributed by atoms with Crippen LogP contribution in [0.15, 0.2) is 42.6 Å². The lowest BCUT2D eigenvalue weighted by molar-refractivity contribution is -0.114. The van der Waals surface area contributed by atoms with Gasteiger partial charge in [0.1, 0.15) is 11.6 Å². The van der Waals surface area contributed by atoms with E-state index in [9.17, 15) is 9.59 Å². The highest BCUT2D eigenvalue weighted by Crippen LogP contribution is 2.25. The van der Waals surface area contributed by atoms with E-state index in [1.807, 2.05) is 26.0 Å². The lowest BCUT2D eigenvalue weighted by Crippen LogP contribution is -2.15. The van der Waals surface area contributed by atoms with E-state index in [4.69, 9.17) is 4.74 Å². The van der Waals surface area contributed by atoms with Gasteiger partial charge in [0.05, 0.1) is 11.8 Å². The molecule has 2 rings (SSSR count). The number of aromatic nitrogens is 1. The highest BCUT2D eigenvalue weighted by Gasteiger charge is 2.11. The number of hydrogen-bond acceptors (Lipinski definition) is 4. The standard InChI is InChI=1S/C17H19N3O3/c1-11(2)23-15-7-5-4-6-14(15)20-17(22)13-8-9-18-16(10-13)19-12(3)21/h4-11H,1-3H3,(H,20,22)(H,18,19,21). The van der Waals surface area contributed by atoms with Crippen LogP contribution in [-0.4, -0.2) is 22.9 Å². The van der Waals surface area contributed by atoms with Crippen molar-refractivity contribution in [2.24, 2.45) is 0 Å². The van der Waals surface area contributed by atoms with Crippen molar-refractivity contribution < 1.29 is 14.3 Å². The molecule has 0 bridgehead atoms. The molecule has 0 saturated carbocycles. The van der Waals surface area contributed by atoms with Crippen molar-refractivity contribution in [1.82, 2.24) is 4.98 Å². The quantitative estimate of drug-likeness (QED) is 0.889. The Hall–Kier alpha value is -2.89. The number of nitrogens with zero attached hydrogens (tertiary/aromatic N) is 1. The first-order valence-electron chi connectivity index (χ1n) is 7.26. The first kappa shape index (κ1) is 16.5. The Morgan fingerprint density at radius 3 is 2.57 bits per heavy atom. The fourth-order valence-corrected chi connectivity index (χ4v) is 1.94. The van der Waals surface area contributed by atoms with Crippen LogP contribution in [0.25, 0.3) is 0 Å². The van der Waals surface area contributed by atoms with Gasteiger partial charge in [0.2, 0.25) is 5.91 Å². The van der Waals surface area contributed by atoms with Gasteiger partial charge in [-0.1, -0.05) is 12.1 Å². The summed E-state index contributed by atoms with van der Waals surface area (Å²) in [7, 11) is 0. The molecule has 0 spiro atoms. The van der Waals surface area contributed by atoms with Gasteiger partial charge in [-0.15, -0.1) is 0 Å². The second kappa shape index (κ2) is 7.40. The number of carbonyl (C=O) groups is 2. The second-order valence-corrected chi connectivity index (χ2v) is 5.23. The first-order chi connectivity index (χ1) is 11.0. The predicted octanol–water partition coefficient (Wildman–Crippen LogP) is 3.08. The third-order valence-electron chi connectivity index (χ3n) is 2.82. The minimum Gasteiger partial charge on any atom is -0.489 e. The number of hydrogen-bond donors (Lipinski definition) is 2. The van der Waals surface area contributed by atoms with Crippen molar-refractivity contribution >= 4 is 23.3 Å². The number of anilines is 2. The molecule has 6 heteroatoms. The molecule has 0 unspecified atom stereocenters. The molecule has 0 radical (unpaired) electrons. The summed E-state index contributed by atoms with van der Waals surface area (Å²) in [5.74, 6) is 0.383. The maximum absolute atomic E-state index is 12.4. The van der Waals surface area contributed by atoms with Crippen molar-refractivity contribution in [3.05, 3.63) is 48.2 Å². The van der Waals surface area contributed by atoms with Crippen molar-refractivity contribution in [2.75, 3.05) is 10.6 Å². The number of benzene rings is 1. The maximum Gasteiger partial charge on any atom is 0.255 e. The topological polar surface area (TPSA) is 80.3 Å². The highest BCUT2D eigenvalue weighted by atomic mass is 16.5. The van der Waals surface area contributed by atoms with E-state index in [1.54, 1.807) is 18.2 Å². The minimum atomic E-state index is -0.307. The number of ether oxygens (including phenoxy) is 1. The molecule has 1 aromatic heterocycles. The van der Waals surface area contributed by atoms with Crippen molar-refractivity contribution in [3.63, 3.8) is 0 Å². The molecule has 120 valence electrons. The zero-order chi connectivity index (χ0) is 16.8. The second-order valence-electron chi connectivity index (χ2n) is 5.23. The zero-order valence-electron chi connectivity index (χ0n) is 13.3. The molecule has 0 aliphatic rings. The molecular weight excluding hydrogens is 294 g/mol. The van der Waals surface area contributed by atoms with Crippen LogP contribution in [0.4, 0.5) is 11.5 Å². The van der Waals surface area contributed by atoms with Crippen molar-refractivity contribution in [2.45, 2.75) is 26.9 Å². The van der Waals surface area contributed by atoms with Crippen LogP contribution in [0.2, 0.25) is 0 Å². The SMILES string of the molecule is CC(=O)Nc1cc(C(=O)Nc2ccccc2OC(C)C)ccn1. The first-order valence-corrected chi connectivity index (χ1v) is 7.26. The highest BCUT2D eigenvalue weighted by molar-refractivity contribution is 6.05. The van der Waals surface area contributed by atoms with E-state index < -0.39 is 0 Å². The van der Waals surface area contributed by atoms with Crippen LogP contribution < -0.4 is 15.4 Å². The summed E-state index contributed by atoms with van der Waals surface area (Å²) in [6.45, 7) is 5.22. The van der Waals surface area contributed by atoms with E-state index in [-0.39, 0.29) is 17.9 Å². The van der Waals surface area contributed by atoms with Crippen LogP contribution in [-0.2, 0) is 4.79 Å². The number of nitrogens with one attached hydrogen (secondary N) is 2. The van der Waals surface area contributed by atoms with Crippen LogP contribution in [0.5, 0.6) is 5.75 Å². The van der Waals surface area contributed by atoms with E-state index in [1.165, 1.54) is 19.2 Å². The summed E-state index contributed by atoms with van der Waals surface area (Å²) in [6, 6.07) is 10.3. The molecule has 1 aromatic carbocycles. The fourth-order valence-electron chi connectivity index (χ4n) is 1.94. The number of para-hydroxylation sites is 2. The monoisotopic (exact) mass is 313 g/mol. The predicted molar refractivity (Wildman–Crippen MR) is 88.7 cm³/mol. The number of amides is 2. The Morgan fingerprint density at radius 1 is 1.13 bits per heavy atom. The number of pyridine rings is 1. The van der Waals surface area contributed by atoms with Gasteiger partial charge in [0.15, 0.2) is 0 Å². The Kier molecular flexibility index (Phi) is 5.30. The van der Waals surface area contributed by atoms with E-state index >= 15 is 0 Å². The molecule has 0 atom stereocenters. The third-order valence-corrected chi connectivity index (χ3v) is 2.82. The van der Waals surface area contributed by atoms with E-state index in [0.29, 0.717) is 22.8 Å². The molecule has 1 heterocycles. The normalized spacial score (nSPS) is 10.3. The molecule has 0 aliphatic carbocycles. The molecular formula is C17H19N3O3. The molecule has 2 aromatic rings. The largest absolute Gasteiger partial charge is 0.489 e. The van der Waals surface area contributed by atoms with Crippen LogP contribution >= 0.6 is 0 Å². The molecule has 6 nitrogen and oxygen atoms in total.